The van der Waals surface area contributed by atoms with Crippen molar-refractivity contribution in [2.24, 2.45) is 0 Å². The van der Waals surface area contributed by atoms with Gasteiger partial charge in [0.2, 0.25) is 5.91 Å². The summed E-state index contributed by atoms with van der Waals surface area (Å²) < 4.78 is 4.99. The number of carbonyl (C=O) groups excluding carboxylic acids is 1. The molecule has 1 aromatic heterocycles. The van der Waals surface area contributed by atoms with Gasteiger partial charge in [-0.25, -0.2) is 0 Å². The fourth-order valence-corrected chi connectivity index (χ4v) is 2.20. The first-order valence-corrected chi connectivity index (χ1v) is 5.97. The topological polar surface area (TPSA) is 54.3 Å². The molecule has 0 unspecified atom stereocenters. The fourth-order valence-electron chi connectivity index (χ4n) is 1.97. The molecule has 2 heterocycles. The Morgan fingerprint density at radius 1 is 1.44 bits per heavy atom. The highest BCUT2D eigenvalue weighted by atomic mass is 35.5. The quantitative estimate of drug-likeness (QED) is 0.894. The van der Waals surface area contributed by atoms with E-state index in [1.54, 1.807) is 18.6 Å². The molecule has 3 rings (SSSR count). The molecule has 0 atom stereocenters. The second-order valence-corrected chi connectivity index (χ2v) is 4.61. The van der Waals surface area contributed by atoms with E-state index in [0.717, 1.165) is 22.5 Å². The Morgan fingerprint density at radius 2 is 2.33 bits per heavy atom. The Kier molecular flexibility index (Phi) is 2.72. The van der Waals surface area contributed by atoms with Crippen molar-refractivity contribution in [2.45, 2.75) is 13.0 Å². The van der Waals surface area contributed by atoms with Crippen molar-refractivity contribution in [3.05, 3.63) is 46.9 Å². The zero-order valence-corrected chi connectivity index (χ0v) is 10.3. The van der Waals surface area contributed by atoms with Gasteiger partial charge in [0.25, 0.3) is 0 Å². The smallest absolute Gasteiger partial charge is 0.228 e. The van der Waals surface area contributed by atoms with E-state index < -0.39 is 0 Å². The summed E-state index contributed by atoms with van der Waals surface area (Å²) >= 11 is 6.16. The van der Waals surface area contributed by atoms with Crippen LogP contribution in [0.15, 0.2) is 35.1 Å². The summed E-state index contributed by atoms with van der Waals surface area (Å²) in [5.74, 6) is 0.00745. The lowest BCUT2D eigenvalue weighted by atomic mass is 10.1. The molecule has 0 saturated carbocycles. The number of hydrogen-bond acceptors (Lipinski definition) is 3. The first-order chi connectivity index (χ1) is 8.72. The highest BCUT2D eigenvalue weighted by Gasteiger charge is 2.19. The van der Waals surface area contributed by atoms with E-state index in [1.165, 1.54) is 0 Å². The molecule has 0 radical (unpaired) electrons. The average molecular weight is 263 g/mol. The second kappa shape index (κ2) is 4.38. The predicted octanol–water partition coefficient (Wildman–Crippen LogP) is 3.04. The Balaban J connectivity index is 1.80. The minimum absolute atomic E-state index is 0.00745. The summed E-state index contributed by atoms with van der Waals surface area (Å²) in [6, 6.07) is 5.58. The molecule has 0 fully saturated rings. The van der Waals surface area contributed by atoms with Gasteiger partial charge in [0, 0.05) is 17.8 Å². The highest BCUT2D eigenvalue weighted by molar-refractivity contribution is 6.33. The maximum Gasteiger partial charge on any atom is 0.228 e. The maximum atomic E-state index is 11.3. The largest absolute Gasteiger partial charge is 0.472 e. The number of halogens is 1. The Labute approximate surface area is 109 Å². The lowest BCUT2D eigenvalue weighted by Gasteiger charge is -2.09. The molecule has 92 valence electrons. The molecule has 2 aromatic rings. The van der Waals surface area contributed by atoms with Crippen LogP contribution in [0.2, 0.25) is 5.02 Å². The average Bonchev–Trinajstić information content (AvgIpc) is 2.94. The summed E-state index contributed by atoms with van der Waals surface area (Å²) in [5, 5.41) is 6.59. The Hall–Kier alpha value is -1.94. The number of rotatable bonds is 3. The van der Waals surface area contributed by atoms with Crippen LogP contribution < -0.4 is 10.6 Å². The zero-order chi connectivity index (χ0) is 12.5. The van der Waals surface area contributed by atoms with Gasteiger partial charge in [-0.05, 0) is 23.8 Å². The standard InChI is InChI=1S/C13H11ClN2O2/c14-10-5-11-9(4-13(17)16-11)3-12(10)15-6-8-1-2-18-7-8/h1-3,5,7,15H,4,6H2,(H,16,17). The van der Waals surface area contributed by atoms with Gasteiger partial charge in [0.1, 0.15) is 0 Å². The molecule has 1 aliphatic heterocycles. The van der Waals surface area contributed by atoms with Gasteiger partial charge in [0.15, 0.2) is 0 Å². The predicted molar refractivity (Wildman–Crippen MR) is 69.8 cm³/mol. The molecule has 0 bridgehead atoms. The Bertz CT molecular complexity index is 593. The van der Waals surface area contributed by atoms with Crippen LogP contribution in [0, 0.1) is 0 Å². The molecule has 1 aliphatic rings. The zero-order valence-electron chi connectivity index (χ0n) is 9.50. The van der Waals surface area contributed by atoms with Crippen LogP contribution in [-0.4, -0.2) is 5.91 Å². The van der Waals surface area contributed by atoms with Crippen molar-refractivity contribution < 1.29 is 9.21 Å². The fraction of sp³-hybridized carbons (Fsp3) is 0.154. The van der Waals surface area contributed by atoms with Crippen molar-refractivity contribution >= 4 is 28.9 Å². The molecule has 1 amide bonds. The number of benzene rings is 1. The highest BCUT2D eigenvalue weighted by Crippen LogP contribution is 2.33. The SMILES string of the molecule is O=C1Cc2cc(NCc3ccoc3)c(Cl)cc2N1. The minimum Gasteiger partial charge on any atom is -0.472 e. The van der Waals surface area contributed by atoms with Gasteiger partial charge in [-0.1, -0.05) is 11.6 Å². The lowest BCUT2D eigenvalue weighted by Crippen LogP contribution is -2.03. The molecular weight excluding hydrogens is 252 g/mol. The van der Waals surface area contributed by atoms with Gasteiger partial charge in [0.05, 0.1) is 29.7 Å². The maximum absolute atomic E-state index is 11.3. The number of furan rings is 1. The Morgan fingerprint density at radius 3 is 3.11 bits per heavy atom. The lowest BCUT2D eigenvalue weighted by molar-refractivity contribution is -0.115. The summed E-state index contributed by atoms with van der Waals surface area (Å²) in [7, 11) is 0. The summed E-state index contributed by atoms with van der Waals surface area (Å²) in [6.07, 6.45) is 3.72. The van der Waals surface area contributed by atoms with Crippen LogP contribution in [0.4, 0.5) is 11.4 Å². The van der Waals surface area contributed by atoms with Crippen LogP contribution in [0.5, 0.6) is 0 Å². The van der Waals surface area contributed by atoms with E-state index in [9.17, 15) is 4.79 Å². The number of carbonyl (C=O) groups is 1. The number of amides is 1. The number of fused-ring (bicyclic) bond motifs is 1. The molecule has 0 saturated heterocycles. The minimum atomic E-state index is 0.00745. The van der Waals surface area contributed by atoms with Crippen LogP contribution in [-0.2, 0) is 17.8 Å². The van der Waals surface area contributed by atoms with Crippen molar-refractivity contribution in [1.82, 2.24) is 0 Å². The molecule has 5 heteroatoms. The van der Waals surface area contributed by atoms with E-state index in [2.05, 4.69) is 10.6 Å². The van der Waals surface area contributed by atoms with Gasteiger partial charge in [-0.2, -0.15) is 0 Å². The van der Waals surface area contributed by atoms with Crippen molar-refractivity contribution in [1.29, 1.82) is 0 Å². The first-order valence-electron chi connectivity index (χ1n) is 5.59. The van der Waals surface area contributed by atoms with Crippen LogP contribution >= 0.6 is 11.6 Å². The molecular formula is C13H11ClN2O2. The molecule has 1 aromatic carbocycles. The monoisotopic (exact) mass is 262 g/mol. The first kappa shape index (κ1) is 11.2. The number of nitrogens with one attached hydrogen (secondary N) is 2. The third-order valence-corrected chi connectivity index (χ3v) is 3.19. The third kappa shape index (κ3) is 2.07. The van der Waals surface area contributed by atoms with Crippen molar-refractivity contribution in [2.75, 3.05) is 10.6 Å². The van der Waals surface area contributed by atoms with Gasteiger partial charge >= 0.3 is 0 Å². The second-order valence-electron chi connectivity index (χ2n) is 4.20. The van der Waals surface area contributed by atoms with Crippen LogP contribution in [0.25, 0.3) is 0 Å². The van der Waals surface area contributed by atoms with Gasteiger partial charge < -0.3 is 15.1 Å². The summed E-state index contributed by atoms with van der Waals surface area (Å²) in [6.45, 7) is 0.635. The normalized spacial score (nSPS) is 13.3. The van der Waals surface area contributed by atoms with E-state index in [1.807, 2.05) is 12.1 Å². The van der Waals surface area contributed by atoms with Crippen molar-refractivity contribution in [3.63, 3.8) is 0 Å². The van der Waals surface area contributed by atoms with E-state index >= 15 is 0 Å². The van der Waals surface area contributed by atoms with E-state index in [-0.39, 0.29) is 5.91 Å². The molecule has 4 nitrogen and oxygen atoms in total. The third-order valence-electron chi connectivity index (χ3n) is 2.88. The van der Waals surface area contributed by atoms with Crippen molar-refractivity contribution in [3.8, 4) is 0 Å². The molecule has 0 spiro atoms. The van der Waals surface area contributed by atoms with Crippen LogP contribution in [0.3, 0.4) is 0 Å². The number of hydrogen-bond donors (Lipinski definition) is 2. The van der Waals surface area contributed by atoms with Gasteiger partial charge in [-0.15, -0.1) is 0 Å². The molecule has 18 heavy (non-hydrogen) atoms. The summed E-state index contributed by atoms with van der Waals surface area (Å²) in [4.78, 5) is 11.3. The van der Waals surface area contributed by atoms with Gasteiger partial charge in [-0.3, -0.25) is 4.79 Å². The molecule has 2 N–H and O–H groups in total. The molecule has 0 aliphatic carbocycles. The number of anilines is 2. The van der Waals surface area contributed by atoms with E-state index in [4.69, 9.17) is 16.0 Å². The summed E-state index contributed by atoms with van der Waals surface area (Å²) in [5.41, 5.74) is 3.65. The van der Waals surface area contributed by atoms with E-state index in [0.29, 0.717) is 18.0 Å². The van der Waals surface area contributed by atoms with Crippen LogP contribution in [0.1, 0.15) is 11.1 Å².